The highest BCUT2D eigenvalue weighted by atomic mass is 16.2. The number of nitrogens with zero attached hydrogens (tertiary/aromatic N) is 3. The quantitative estimate of drug-likeness (QED) is 0.440. The predicted molar refractivity (Wildman–Crippen MR) is 130 cm³/mol. The number of aryl methyl sites for hydroxylation is 2. The molecule has 1 aliphatic carbocycles. The highest BCUT2D eigenvalue weighted by Crippen LogP contribution is 2.26. The Labute approximate surface area is 193 Å². The minimum absolute atomic E-state index is 0.0140. The third-order valence-corrected chi connectivity index (χ3v) is 6.12. The number of hydrogen-bond acceptors (Lipinski definition) is 7. The second-order valence-corrected chi connectivity index (χ2v) is 8.59. The van der Waals surface area contributed by atoms with E-state index in [-0.39, 0.29) is 11.9 Å². The second-order valence-electron chi connectivity index (χ2n) is 8.59. The maximum atomic E-state index is 12.4. The van der Waals surface area contributed by atoms with Gasteiger partial charge in [0.25, 0.3) is 0 Å². The minimum Gasteiger partial charge on any atom is -0.354 e. The van der Waals surface area contributed by atoms with Crippen LogP contribution >= 0.6 is 0 Å². The third-order valence-electron chi connectivity index (χ3n) is 6.12. The van der Waals surface area contributed by atoms with E-state index in [0.29, 0.717) is 30.9 Å². The van der Waals surface area contributed by atoms with Gasteiger partial charge in [0.15, 0.2) is 0 Å². The molecule has 5 rings (SSSR count). The first-order valence-electron chi connectivity index (χ1n) is 11.7. The van der Waals surface area contributed by atoms with E-state index in [1.165, 1.54) is 17.5 Å². The topological polar surface area (TPSA) is 104 Å². The van der Waals surface area contributed by atoms with Crippen LogP contribution in [-0.4, -0.2) is 33.4 Å². The summed E-state index contributed by atoms with van der Waals surface area (Å²) < 4.78 is 0. The lowest BCUT2D eigenvalue weighted by molar-refractivity contribution is -0.121. The predicted octanol–water partition coefficient (Wildman–Crippen LogP) is 3.80. The molecule has 0 bridgehead atoms. The van der Waals surface area contributed by atoms with Crippen LogP contribution < -0.4 is 21.3 Å². The van der Waals surface area contributed by atoms with Crippen LogP contribution in [0.3, 0.4) is 0 Å². The van der Waals surface area contributed by atoms with Gasteiger partial charge in [0.05, 0.1) is 0 Å². The van der Waals surface area contributed by atoms with E-state index in [1.54, 1.807) is 0 Å². The molecule has 1 atom stereocenters. The summed E-state index contributed by atoms with van der Waals surface area (Å²) in [7, 11) is 0. The number of carbonyl (C=O) groups excluding carboxylic acids is 1. The molecule has 8 nitrogen and oxygen atoms in total. The fraction of sp³-hybridized carbons (Fsp3) is 0.360. The molecule has 2 aromatic carbocycles. The molecule has 33 heavy (non-hydrogen) atoms. The summed E-state index contributed by atoms with van der Waals surface area (Å²) in [5.41, 5.74) is 4.88. The number of nitrogens with one attached hydrogen (secondary N) is 4. The third kappa shape index (κ3) is 5.39. The number of aromatic nitrogens is 3. The van der Waals surface area contributed by atoms with Crippen LogP contribution in [0.1, 0.15) is 42.4 Å². The Morgan fingerprint density at radius 1 is 0.879 bits per heavy atom. The zero-order valence-electron chi connectivity index (χ0n) is 18.6. The van der Waals surface area contributed by atoms with Crippen molar-refractivity contribution in [3.63, 3.8) is 0 Å². The first kappa shape index (κ1) is 21.2. The van der Waals surface area contributed by atoms with E-state index >= 15 is 0 Å². The van der Waals surface area contributed by atoms with Crippen molar-refractivity contribution in [2.75, 3.05) is 22.5 Å². The van der Waals surface area contributed by atoms with Gasteiger partial charge in [-0.25, -0.2) is 0 Å². The molecule has 0 saturated carbocycles. The van der Waals surface area contributed by atoms with Gasteiger partial charge in [0.1, 0.15) is 6.04 Å². The van der Waals surface area contributed by atoms with Crippen LogP contribution in [0.5, 0.6) is 0 Å². The second kappa shape index (κ2) is 9.85. The van der Waals surface area contributed by atoms with Crippen LogP contribution in [0.4, 0.5) is 23.5 Å². The Bertz CT molecular complexity index is 1120. The van der Waals surface area contributed by atoms with Crippen LogP contribution in [0.15, 0.2) is 48.5 Å². The number of amides is 1. The number of benzene rings is 2. The summed E-state index contributed by atoms with van der Waals surface area (Å²) in [6, 6.07) is 16.2. The largest absolute Gasteiger partial charge is 0.354 e. The summed E-state index contributed by atoms with van der Waals surface area (Å²) >= 11 is 0. The van der Waals surface area contributed by atoms with Gasteiger partial charge in [-0.15, -0.1) is 0 Å². The molecule has 4 N–H and O–H groups in total. The van der Waals surface area contributed by atoms with Crippen molar-refractivity contribution >= 4 is 29.4 Å². The molecule has 1 unspecified atom stereocenters. The molecule has 2 heterocycles. The molecule has 3 aromatic rings. The molecule has 8 heteroatoms. The number of carbonyl (C=O) groups is 1. The average Bonchev–Trinajstić information content (AvgIpc) is 3.21. The minimum atomic E-state index is -0.357. The molecule has 0 spiro atoms. The van der Waals surface area contributed by atoms with Gasteiger partial charge < -0.3 is 21.3 Å². The molecule has 1 amide bonds. The lowest BCUT2D eigenvalue weighted by atomic mass is 10.1. The van der Waals surface area contributed by atoms with Crippen molar-refractivity contribution < 1.29 is 4.79 Å². The van der Waals surface area contributed by atoms with E-state index in [9.17, 15) is 4.79 Å². The fourth-order valence-electron chi connectivity index (χ4n) is 4.36. The van der Waals surface area contributed by atoms with Gasteiger partial charge in [-0.3, -0.25) is 4.79 Å². The molecule has 170 valence electrons. The maximum Gasteiger partial charge on any atom is 0.242 e. The smallest absolute Gasteiger partial charge is 0.242 e. The van der Waals surface area contributed by atoms with Crippen molar-refractivity contribution in [2.45, 2.75) is 51.1 Å². The van der Waals surface area contributed by atoms with Crippen LogP contribution in [0.2, 0.25) is 0 Å². The zero-order valence-corrected chi connectivity index (χ0v) is 18.6. The molecule has 1 aliphatic heterocycles. The van der Waals surface area contributed by atoms with Crippen molar-refractivity contribution in [1.82, 2.24) is 20.3 Å². The van der Waals surface area contributed by atoms with Gasteiger partial charge in [-0.2, -0.15) is 15.0 Å². The SMILES string of the molecule is O=C1NCCCCC1Nc1nc(NCc2ccccc2)nc(Nc2ccc3c(c2)CCC3)n1. The molecule has 1 fully saturated rings. The van der Waals surface area contributed by atoms with Crippen molar-refractivity contribution in [3.05, 3.63) is 65.2 Å². The Morgan fingerprint density at radius 3 is 2.61 bits per heavy atom. The number of anilines is 4. The van der Waals surface area contributed by atoms with E-state index in [2.05, 4.69) is 54.4 Å². The zero-order chi connectivity index (χ0) is 22.5. The van der Waals surface area contributed by atoms with Crippen LogP contribution in [0.25, 0.3) is 0 Å². The monoisotopic (exact) mass is 443 g/mol. The fourth-order valence-corrected chi connectivity index (χ4v) is 4.36. The van der Waals surface area contributed by atoms with Crippen LogP contribution in [0, 0.1) is 0 Å². The molecule has 0 radical (unpaired) electrons. The lowest BCUT2D eigenvalue weighted by Gasteiger charge is -2.17. The molecular formula is C25H29N7O. The highest BCUT2D eigenvalue weighted by molar-refractivity contribution is 5.84. The summed E-state index contributed by atoms with van der Waals surface area (Å²) in [5, 5.41) is 12.8. The van der Waals surface area contributed by atoms with Crippen molar-refractivity contribution in [2.24, 2.45) is 0 Å². The van der Waals surface area contributed by atoms with Crippen LogP contribution in [-0.2, 0) is 24.2 Å². The molecular weight excluding hydrogens is 414 g/mol. The first-order chi connectivity index (χ1) is 16.2. The number of hydrogen-bond donors (Lipinski definition) is 4. The molecule has 1 saturated heterocycles. The lowest BCUT2D eigenvalue weighted by Crippen LogP contribution is -2.38. The Kier molecular flexibility index (Phi) is 6.32. The van der Waals surface area contributed by atoms with Crippen molar-refractivity contribution in [3.8, 4) is 0 Å². The van der Waals surface area contributed by atoms with E-state index in [1.807, 2.05) is 30.3 Å². The van der Waals surface area contributed by atoms with E-state index in [0.717, 1.165) is 43.4 Å². The standard InChI is InChI=1S/C25H29N7O/c33-22-21(11-4-5-14-26-22)29-25-31-23(27-16-17-7-2-1-3-8-17)30-24(32-25)28-20-13-12-18-9-6-10-19(18)15-20/h1-3,7-8,12-13,15,21H,4-6,9-11,14,16H2,(H,26,33)(H3,27,28,29,30,31,32). The first-order valence-corrected chi connectivity index (χ1v) is 11.7. The number of fused-ring (bicyclic) bond motifs is 1. The maximum absolute atomic E-state index is 12.4. The Morgan fingerprint density at radius 2 is 1.70 bits per heavy atom. The van der Waals surface area contributed by atoms with Gasteiger partial charge in [-0.05, 0) is 67.3 Å². The summed E-state index contributed by atoms with van der Waals surface area (Å²) in [4.78, 5) is 26.1. The van der Waals surface area contributed by atoms with Gasteiger partial charge in [0.2, 0.25) is 23.8 Å². The highest BCUT2D eigenvalue weighted by Gasteiger charge is 2.22. The molecule has 1 aromatic heterocycles. The normalized spacial score (nSPS) is 17.6. The summed E-state index contributed by atoms with van der Waals surface area (Å²) in [6.07, 6.45) is 6.16. The van der Waals surface area contributed by atoms with E-state index < -0.39 is 0 Å². The summed E-state index contributed by atoms with van der Waals surface area (Å²) in [6.45, 7) is 1.30. The van der Waals surface area contributed by atoms with E-state index in [4.69, 9.17) is 0 Å². The van der Waals surface area contributed by atoms with Gasteiger partial charge in [0, 0.05) is 18.8 Å². The van der Waals surface area contributed by atoms with Gasteiger partial charge in [-0.1, -0.05) is 36.4 Å². The Hall–Kier alpha value is -3.68. The Balaban J connectivity index is 1.38. The van der Waals surface area contributed by atoms with Gasteiger partial charge >= 0.3 is 0 Å². The average molecular weight is 444 g/mol. The summed E-state index contributed by atoms with van der Waals surface area (Å²) in [5.74, 6) is 1.26. The number of rotatable bonds is 7. The van der Waals surface area contributed by atoms with Crippen molar-refractivity contribution in [1.29, 1.82) is 0 Å². The molecule has 2 aliphatic rings.